The van der Waals surface area contributed by atoms with Crippen LogP contribution >= 0.6 is 0 Å². The van der Waals surface area contributed by atoms with Gasteiger partial charge in [-0.2, -0.15) is 10.2 Å². The van der Waals surface area contributed by atoms with E-state index in [1.165, 1.54) is 4.68 Å². The summed E-state index contributed by atoms with van der Waals surface area (Å²) in [6.45, 7) is 4.66. The highest BCUT2D eigenvalue weighted by atomic mass is 16.5. The van der Waals surface area contributed by atoms with Crippen molar-refractivity contribution in [3.63, 3.8) is 0 Å². The molecule has 0 bridgehead atoms. The SMILES string of the molecule is C[C@@H]1COCCN1c1ccc2c(n1)c(-c1ccn(C3CCCCO3)n1)nn2CC(=O)O. The number of hydrogen-bond acceptors (Lipinski definition) is 7. The van der Waals surface area contributed by atoms with Gasteiger partial charge < -0.3 is 19.5 Å². The van der Waals surface area contributed by atoms with Crippen LogP contribution in [0.4, 0.5) is 5.82 Å². The molecule has 1 unspecified atom stereocenters. The van der Waals surface area contributed by atoms with Gasteiger partial charge in [0, 0.05) is 19.3 Å². The Balaban J connectivity index is 1.56. The summed E-state index contributed by atoms with van der Waals surface area (Å²) in [6.07, 6.45) is 4.92. The van der Waals surface area contributed by atoms with Crippen molar-refractivity contribution in [1.82, 2.24) is 24.5 Å². The minimum absolute atomic E-state index is 0.0763. The van der Waals surface area contributed by atoms with Crippen molar-refractivity contribution in [2.45, 2.75) is 45.0 Å². The van der Waals surface area contributed by atoms with E-state index in [2.05, 4.69) is 16.9 Å². The quantitative estimate of drug-likeness (QED) is 0.662. The van der Waals surface area contributed by atoms with Gasteiger partial charge in [-0.05, 0) is 44.4 Å². The van der Waals surface area contributed by atoms with E-state index in [0.717, 1.165) is 38.2 Å². The van der Waals surface area contributed by atoms with Gasteiger partial charge in [0.25, 0.3) is 0 Å². The van der Waals surface area contributed by atoms with Crippen molar-refractivity contribution >= 4 is 22.8 Å². The Kier molecular flexibility index (Phi) is 5.33. The molecule has 2 fully saturated rings. The molecule has 0 amide bonds. The number of carboxylic acids is 1. The van der Waals surface area contributed by atoms with Crippen LogP contribution in [0.1, 0.15) is 32.4 Å². The Morgan fingerprint density at radius 2 is 2.13 bits per heavy atom. The predicted octanol–water partition coefficient (Wildman–Crippen LogP) is 2.30. The van der Waals surface area contributed by atoms with Crippen LogP contribution in [0.2, 0.25) is 0 Å². The van der Waals surface area contributed by atoms with E-state index in [9.17, 15) is 9.90 Å². The summed E-state index contributed by atoms with van der Waals surface area (Å²) in [5, 5.41) is 18.6. The van der Waals surface area contributed by atoms with E-state index < -0.39 is 5.97 Å². The van der Waals surface area contributed by atoms with Gasteiger partial charge in [0.05, 0.1) is 24.8 Å². The highest BCUT2D eigenvalue weighted by molar-refractivity contribution is 5.90. The van der Waals surface area contributed by atoms with E-state index >= 15 is 0 Å². The van der Waals surface area contributed by atoms with Crippen LogP contribution in [0.25, 0.3) is 22.4 Å². The summed E-state index contributed by atoms with van der Waals surface area (Å²) >= 11 is 0. The maximum absolute atomic E-state index is 11.4. The minimum Gasteiger partial charge on any atom is -0.480 e. The Bertz CT molecular complexity index is 1090. The van der Waals surface area contributed by atoms with Crippen molar-refractivity contribution in [3.8, 4) is 11.4 Å². The van der Waals surface area contributed by atoms with Gasteiger partial charge in [-0.3, -0.25) is 9.48 Å². The summed E-state index contributed by atoms with van der Waals surface area (Å²) in [5.74, 6) is -0.127. The number of ether oxygens (including phenoxy) is 2. The normalized spacial score (nSPS) is 22.2. The lowest BCUT2D eigenvalue weighted by Gasteiger charge is -2.34. The molecule has 0 aromatic carbocycles. The molecule has 5 rings (SSSR count). The molecule has 3 aromatic rings. The van der Waals surface area contributed by atoms with Gasteiger partial charge in [-0.15, -0.1) is 0 Å². The van der Waals surface area contributed by atoms with Crippen LogP contribution in [0.5, 0.6) is 0 Å². The number of anilines is 1. The number of hydrogen-bond donors (Lipinski definition) is 1. The molecule has 0 aliphatic carbocycles. The monoisotopic (exact) mass is 426 g/mol. The van der Waals surface area contributed by atoms with E-state index in [1.807, 2.05) is 29.1 Å². The zero-order valence-corrected chi connectivity index (χ0v) is 17.5. The minimum atomic E-state index is -0.956. The number of rotatable bonds is 5. The predicted molar refractivity (Wildman–Crippen MR) is 113 cm³/mol. The average Bonchev–Trinajstić information content (AvgIpc) is 3.39. The molecule has 0 radical (unpaired) electrons. The highest BCUT2D eigenvalue weighted by Gasteiger charge is 2.24. The first-order valence-corrected chi connectivity index (χ1v) is 10.7. The number of carbonyl (C=O) groups is 1. The first kappa shape index (κ1) is 20.0. The maximum atomic E-state index is 11.4. The fourth-order valence-corrected chi connectivity index (χ4v) is 4.25. The van der Waals surface area contributed by atoms with Crippen molar-refractivity contribution in [3.05, 3.63) is 24.4 Å². The molecule has 0 saturated carbocycles. The third-order valence-corrected chi connectivity index (χ3v) is 5.83. The molecule has 0 spiro atoms. The van der Waals surface area contributed by atoms with E-state index in [0.29, 0.717) is 35.6 Å². The van der Waals surface area contributed by atoms with E-state index in [-0.39, 0.29) is 18.8 Å². The van der Waals surface area contributed by atoms with Crippen LogP contribution < -0.4 is 4.90 Å². The lowest BCUT2D eigenvalue weighted by Crippen LogP contribution is -2.44. The van der Waals surface area contributed by atoms with Crippen LogP contribution in [-0.4, -0.2) is 68.0 Å². The average molecular weight is 426 g/mol. The molecule has 2 saturated heterocycles. The molecule has 1 N–H and O–H groups in total. The van der Waals surface area contributed by atoms with Gasteiger partial charge in [-0.25, -0.2) is 9.67 Å². The molecular formula is C21H26N6O4. The highest BCUT2D eigenvalue weighted by Crippen LogP contribution is 2.30. The molecule has 5 heterocycles. The van der Waals surface area contributed by atoms with E-state index in [1.54, 1.807) is 0 Å². The number of aliphatic carboxylic acids is 1. The van der Waals surface area contributed by atoms with Crippen molar-refractivity contribution in [2.75, 3.05) is 31.3 Å². The summed E-state index contributed by atoms with van der Waals surface area (Å²) in [7, 11) is 0. The fourth-order valence-electron chi connectivity index (χ4n) is 4.25. The first-order chi connectivity index (χ1) is 15.1. The number of nitrogens with zero attached hydrogens (tertiary/aromatic N) is 6. The maximum Gasteiger partial charge on any atom is 0.325 e. The Labute approximate surface area is 179 Å². The lowest BCUT2D eigenvalue weighted by molar-refractivity contribution is -0.137. The summed E-state index contributed by atoms with van der Waals surface area (Å²) in [6, 6.07) is 5.90. The van der Waals surface area contributed by atoms with Crippen LogP contribution in [0, 0.1) is 0 Å². The largest absolute Gasteiger partial charge is 0.480 e. The summed E-state index contributed by atoms with van der Waals surface area (Å²) in [4.78, 5) is 18.5. The van der Waals surface area contributed by atoms with Crippen molar-refractivity contribution in [1.29, 1.82) is 0 Å². The molecule has 2 aliphatic heterocycles. The Morgan fingerprint density at radius 1 is 1.23 bits per heavy atom. The summed E-state index contributed by atoms with van der Waals surface area (Å²) < 4.78 is 14.7. The molecule has 31 heavy (non-hydrogen) atoms. The molecule has 3 aromatic heterocycles. The second-order valence-corrected chi connectivity index (χ2v) is 8.06. The van der Waals surface area contributed by atoms with E-state index in [4.69, 9.17) is 19.6 Å². The van der Waals surface area contributed by atoms with Crippen molar-refractivity contribution in [2.24, 2.45) is 0 Å². The Hall–Kier alpha value is -2.98. The van der Waals surface area contributed by atoms with Crippen LogP contribution in [0.3, 0.4) is 0 Å². The number of carboxylic acid groups (broad SMARTS) is 1. The number of pyridine rings is 1. The standard InChI is InChI=1S/C21H26N6O4/c1-14-13-30-11-9-25(14)17-6-5-16-21(22-17)20(24-27(16)12-19(28)29)15-7-8-26(23-15)18-4-2-3-10-31-18/h5-8,14,18H,2-4,9-13H2,1H3,(H,28,29)/t14-,18?/m1/s1. The van der Waals surface area contributed by atoms with Crippen LogP contribution in [0.15, 0.2) is 24.4 Å². The second kappa shape index (κ2) is 8.27. The molecule has 2 atom stereocenters. The van der Waals surface area contributed by atoms with Crippen molar-refractivity contribution < 1.29 is 19.4 Å². The van der Waals surface area contributed by atoms with Gasteiger partial charge in [0.1, 0.15) is 35.5 Å². The molecule has 10 nitrogen and oxygen atoms in total. The number of morpholine rings is 1. The zero-order chi connectivity index (χ0) is 21.4. The third-order valence-electron chi connectivity index (χ3n) is 5.83. The molecule has 164 valence electrons. The zero-order valence-electron chi connectivity index (χ0n) is 17.5. The topological polar surface area (TPSA) is 108 Å². The molecule has 10 heteroatoms. The van der Waals surface area contributed by atoms with Gasteiger partial charge in [0.15, 0.2) is 0 Å². The Morgan fingerprint density at radius 3 is 2.90 bits per heavy atom. The fraction of sp³-hybridized carbons (Fsp3) is 0.524. The van der Waals surface area contributed by atoms with Gasteiger partial charge in [-0.1, -0.05) is 0 Å². The number of fused-ring (bicyclic) bond motifs is 1. The molecular weight excluding hydrogens is 400 g/mol. The third kappa shape index (κ3) is 3.88. The van der Waals surface area contributed by atoms with Gasteiger partial charge in [0.2, 0.25) is 0 Å². The van der Waals surface area contributed by atoms with Gasteiger partial charge >= 0.3 is 5.97 Å². The number of aromatic nitrogens is 5. The second-order valence-electron chi connectivity index (χ2n) is 8.06. The van der Waals surface area contributed by atoms with Crippen LogP contribution in [-0.2, 0) is 20.8 Å². The first-order valence-electron chi connectivity index (χ1n) is 10.7. The summed E-state index contributed by atoms with van der Waals surface area (Å²) in [5.41, 5.74) is 2.55. The lowest BCUT2D eigenvalue weighted by atomic mass is 10.2. The smallest absolute Gasteiger partial charge is 0.325 e. The molecule has 2 aliphatic rings.